The average Bonchev–Trinajstić information content (AvgIpc) is 2.71. The highest BCUT2D eigenvalue weighted by Gasteiger charge is 2.36. The van der Waals surface area contributed by atoms with Crippen molar-refractivity contribution in [2.24, 2.45) is 0 Å². The smallest absolute Gasteiger partial charge is 0.423 e. The monoisotopic (exact) mass is 411 g/mol. The van der Waals surface area contributed by atoms with Gasteiger partial charge in [-0.15, -0.1) is 0 Å². The maximum Gasteiger partial charge on any atom is 0.423 e. The zero-order valence-electron chi connectivity index (χ0n) is 17.1. The highest BCUT2D eigenvalue weighted by molar-refractivity contribution is 5.65. The van der Waals surface area contributed by atoms with E-state index in [9.17, 15) is 13.2 Å². The number of rotatable bonds is 11. The lowest BCUT2D eigenvalue weighted by Crippen LogP contribution is -2.18. The van der Waals surface area contributed by atoms with Gasteiger partial charge in [0.25, 0.3) is 0 Å². The first-order valence-corrected chi connectivity index (χ1v) is 9.91. The van der Waals surface area contributed by atoms with Crippen LogP contribution in [0.2, 0.25) is 0 Å². The Morgan fingerprint density at radius 1 is 0.966 bits per heavy atom. The van der Waals surface area contributed by atoms with Gasteiger partial charge in [-0.25, -0.2) is 4.98 Å². The van der Waals surface area contributed by atoms with Crippen LogP contribution in [0.1, 0.15) is 51.5 Å². The van der Waals surface area contributed by atoms with Gasteiger partial charge in [-0.2, -0.15) is 18.2 Å². The zero-order valence-corrected chi connectivity index (χ0v) is 17.1. The summed E-state index contributed by atoms with van der Waals surface area (Å²) in [6.07, 6.45) is 0.655. The SMILES string of the molecule is CCCCCCOc1nc(N(C)c2ccccc2OCCC)ncc1C(F)(F)F. The lowest BCUT2D eigenvalue weighted by atomic mass is 10.2. The maximum absolute atomic E-state index is 13.3. The van der Waals surface area contributed by atoms with Gasteiger partial charge in [-0.05, 0) is 25.0 Å². The fourth-order valence-corrected chi connectivity index (χ4v) is 2.70. The number of hydrogen-bond donors (Lipinski definition) is 0. The molecule has 8 heteroatoms. The van der Waals surface area contributed by atoms with Crippen molar-refractivity contribution in [1.29, 1.82) is 0 Å². The fourth-order valence-electron chi connectivity index (χ4n) is 2.70. The molecule has 0 aliphatic rings. The number of hydrogen-bond acceptors (Lipinski definition) is 5. The molecular formula is C21H28F3N3O2. The Hall–Kier alpha value is -2.51. The normalized spacial score (nSPS) is 11.4. The van der Waals surface area contributed by atoms with E-state index in [1.807, 2.05) is 19.1 Å². The number of ether oxygens (including phenoxy) is 2. The Morgan fingerprint density at radius 3 is 2.41 bits per heavy atom. The van der Waals surface area contributed by atoms with Crippen molar-refractivity contribution in [3.63, 3.8) is 0 Å². The van der Waals surface area contributed by atoms with Crippen LogP contribution in [0.25, 0.3) is 0 Å². The van der Waals surface area contributed by atoms with Crippen molar-refractivity contribution < 1.29 is 22.6 Å². The molecule has 5 nitrogen and oxygen atoms in total. The number of anilines is 2. The van der Waals surface area contributed by atoms with E-state index in [1.54, 1.807) is 24.1 Å². The van der Waals surface area contributed by atoms with Crippen molar-refractivity contribution in [2.45, 2.75) is 52.1 Å². The summed E-state index contributed by atoms with van der Waals surface area (Å²) in [6, 6.07) is 7.26. The van der Waals surface area contributed by atoms with Gasteiger partial charge in [-0.1, -0.05) is 45.2 Å². The number of para-hydroxylation sites is 2. The van der Waals surface area contributed by atoms with Crippen LogP contribution in [0.4, 0.5) is 24.8 Å². The average molecular weight is 411 g/mol. The molecule has 0 unspecified atom stereocenters. The van der Waals surface area contributed by atoms with Crippen molar-refractivity contribution in [3.8, 4) is 11.6 Å². The summed E-state index contributed by atoms with van der Waals surface area (Å²) in [6.45, 7) is 4.77. The number of nitrogens with zero attached hydrogens (tertiary/aromatic N) is 3. The van der Waals surface area contributed by atoms with E-state index in [2.05, 4.69) is 16.9 Å². The summed E-state index contributed by atoms with van der Waals surface area (Å²) < 4.78 is 51.2. The Balaban J connectivity index is 2.27. The summed E-state index contributed by atoms with van der Waals surface area (Å²) in [5.74, 6) is 0.272. The molecule has 2 aromatic rings. The molecule has 0 radical (unpaired) electrons. The summed E-state index contributed by atoms with van der Waals surface area (Å²) in [7, 11) is 1.68. The van der Waals surface area contributed by atoms with Gasteiger partial charge in [0.2, 0.25) is 11.8 Å². The second-order valence-corrected chi connectivity index (χ2v) is 6.67. The third-order valence-electron chi connectivity index (χ3n) is 4.27. The lowest BCUT2D eigenvalue weighted by molar-refractivity contribution is -0.139. The molecular weight excluding hydrogens is 383 g/mol. The molecule has 0 atom stereocenters. The number of benzene rings is 1. The third kappa shape index (κ3) is 6.51. The zero-order chi connectivity index (χ0) is 21.3. The highest BCUT2D eigenvalue weighted by atomic mass is 19.4. The number of alkyl halides is 3. The molecule has 0 N–H and O–H groups in total. The molecule has 0 spiro atoms. The number of halogens is 3. The van der Waals surface area contributed by atoms with E-state index in [-0.39, 0.29) is 12.6 Å². The minimum Gasteiger partial charge on any atom is -0.491 e. The molecule has 1 aromatic carbocycles. The van der Waals surface area contributed by atoms with Crippen LogP contribution in [-0.4, -0.2) is 30.2 Å². The fraction of sp³-hybridized carbons (Fsp3) is 0.524. The van der Waals surface area contributed by atoms with Crippen molar-refractivity contribution in [2.75, 3.05) is 25.2 Å². The van der Waals surface area contributed by atoms with Gasteiger partial charge >= 0.3 is 6.18 Å². The Kier molecular flexibility index (Phi) is 8.54. The summed E-state index contributed by atoms with van der Waals surface area (Å²) in [4.78, 5) is 9.58. The number of unbranched alkanes of at least 4 members (excludes halogenated alkanes) is 3. The molecule has 160 valence electrons. The van der Waals surface area contributed by atoms with Gasteiger partial charge in [0.1, 0.15) is 11.3 Å². The number of aromatic nitrogens is 2. The first-order valence-electron chi connectivity index (χ1n) is 9.91. The highest BCUT2D eigenvalue weighted by Crippen LogP contribution is 2.37. The minimum atomic E-state index is -4.59. The van der Waals surface area contributed by atoms with Crippen LogP contribution in [0.5, 0.6) is 11.6 Å². The lowest BCUT2D eigenvalue weighted by Gasteiger charge is -2.22. The first kappa shape index (κ1) is 22.8. The molecule has 0 aliphatic carbocycles. The van der Waals surface area contributed by atoms with Crippen molar-refractivity contribution in [1.82, 2.24) is 9.97 Å². The van der Waals surface area contributed by atoms with Crippen LogP contribution in [0.3, 0.4) is 0 Å². The third-order valence-corrected chi connectivity index (χ3v) is 4.27. The standard InChI is InChI=1S/C21H28F3N3O2/c1-4-6-7-10-14-29-19-16(21(22,23)24)15-25-20(26-19)27(3)17-11-8-9-12-18(17)28-13-5-2/h8-9,11-12,15H,4-7,10,13-14H2,1-3H3. The Morgan fingerprint density at radius 2 is 1.72 bits per heavy atom. The van der Waals surface area contributed by atoms with E-state index in [4.69, 9.17) is 9.47 Å². The molecule has 0 aliphatic heterocycles. The molecule has 0 saturated heterocycles. The van der Waals surface area contributed by atoms with Crippen LogP contribution >= 0.6 is 0 Å². The Labute approximate surface area is 169 Å². The van der Waals surface area contributed by atoms with Gasteiger partial charge in [0.05, 0.1) is 18.9 Å². The molecule has 1 aromatic heterocycles. The van der Waals surface area contributed by atoms with E-state index in [1.165, 1.54) is 0 Å². The van der Waals surface area contributed by atoms with Crippen LogP contribution < -0.4 is 14.4 Å². The summed E-state index contributed by atoms with van der Waals surface area (Å²) >= 11 is 0. The van der Waals surface area contributed by atoms with Gasteiger partial charge in [0.15, 0.2) is 0 Å². The van der Waals surface area contributed by atoms with Crippen LogP contribution in [-0.2, 0) is 6.18 Å². The first-order chi connectivity index (χ1) is 13.9. The summed E-state index contributed by atoms with van der Waals surface area (Å²) in [5, 5.41) is 0. The molecule has 0 amide bonds. The predicted octanol–water partition coefficient (Wildman–Crippen LogP) is 6.01. The van der Waals surface area contributed by atoms with Crippen LogP contribution in [0.15, 0.2) is 30.5 Å². The minimum absolute atomic E-state index is 0.106. The molecule has 29 heavy (non-hydrogen) atoms. The van der Waals surface area contributed by atoms with E-state index >= 15 is 0 Å². The van der Waals surface area contributed by atoms with Gasteiger partial charge < -0.3 is 14.4 Å². The van der Waals surface area contributed by atoms with Crippen molar-refractivity contribution in [3.05, 3.63) is 36.0 Å². The topological polar surface area (TPSA) is 47.5 Å². The largest absolute Gasteiger partial charge is 0.491 e. The van der Waals surface area contributed by atoms with Crippen molar-refractivity contribution >= 4 is 11.6 Å². The molecule has 2 rings (SSSR count). The predicted molar refractivity (Wildman–Crippen MR) is 107 cm³/mol. The maximum atomic E-state index is 13.3. The van der Waals surface area contributed by atoms with E-state index in [0.717, 1.165) is 31.9 Å². The second-order valence-electron chi connectivity index (χ2n) is 6.67. The van der Waals surface area contributed by atoms with Gasteiger partial charge in [0, 0.05) is 13.2 Å². The van der Waals surface area contributed by atoms with Crippen LogP contribution in [0, 0.1) is 0 Å². The van der Waals surface area contributed by atoms with E-state index in [0.29, 0.717) is 24.5 Å². The Bertz CT molecular complexity index is 769. The molecule has 0 saturated carbocycles. The second kappa shape index (κ2) is 10.9. The molecule has 0 bridgehead atoms. The van der Waals surface area contributed by atoms with Gasteiger partial charge in [-0.3, -0.25) is 0 Å². The van der Waals surface area contributed by atoms with E-state index < -0.39 is 17.6 Å². The molecule has 1 heterocycles. The quantitative estimate of drug-likeness (QED) is 0.424. The summed E-state index contributed by atoms with van der Waals surface area (Å²) in [5.41, 5.74) is -0.310. The molecule has 0 fully saturated rings.